The summed E-state index contributed by atoms with van der Waals surface area (Å²) in [4.78, 5) is 24.8. The van der Waals surface area contributed by atoms with Crippen LogP contribution in [0.3, 0.4) is 0 Å². The Morgan fingerprint density at radius 1 is 1.17 bits per heavy atom. The van der Waals surface area contributed by atoms with Gasteiger partial charge >= 0.3 is 5.97 Å². The second-order valence-corrected chi connectivity index (χ2v) is 7.41. The lowest BCUT2D eigenvalue weighted by molar-refractivity contribution is -0.123. The average Bonchev–Trinajstić information content (AvgIpc) is 3.19. The number of methoxy groups -OCH3 is 1. The standard InChI is InChI=1S/C20H17BrClN3O4/c1-11(19(26)23-16-9-14(22)7-8-18(16)28-2)29-20(27)17-10-15(24-25-17)12-3-5-13(21)6-4-12/h3-11H,1-2H3,(H,23,26)(H,24,25). The van der Waals surface area contributed by atoms with Gasteiger partial charge in [-0.1, -0.05) is 39.7 Å². The maximum absolute atomic E-state index is 12.4. The molecule has 0 saturated heterocycles. The van der Waals surface area contributed by atoms with Gasteiger partial charge in [-0.3, -0.25) is 9.89 Å². The molecule has 1 aromatic heterocycles. The van der Waals surface area contributed by atoms with E-state index in [9.17, 15) is 9.59 Å². The first-order chi connectivity index (χ1) is 13.9. The minimum atomic E-state index is -1.05. The summed E-state index contributed by atoms with van der Waals surface area (Å²) in [6, 6.07) is 13.9. The van der Waals surface area contributed by atoms with Crippen LogP contribution in [-0.2, 0) is 9.53 Å². The minimum absolute atomic E-state index is 0.142. The van der Waals surface area contributed by atoms with Gasteiger partial charge in [0.25, 0.3) is 5.91 Å². The summed E-state index contributed by atoms with van der Waals surface area (Å²) in [6.07, 6.45) is -1.05. The van der Waals surface area contributed by atoms with E-state index in [1.54, 1.807) is 24.3 Å². The van der Waals surface area contributed by atoms with Crippen LogP contribution >= 0.6 is 27.5 Å². The van der Waals surface area contributed by atoms with Crippen molar-refractivity contribution in [2.24, 2.45) is 0 Å². The lowest BCUT2D eigenvalue weighted by Gasteiger charge is -2.15. The molecule has 0 aliphatic carbocycles. The Bertz CT molecular complexity index is 1040. The summed E-state index contributed by atoms with van der Waals surface area (Å²) < 4.78 is 11.4. The molecule has 0 aliphatic rings. The molecule has 1 heterocycles. The number of benzene rings is 2. The zero-order chi connectivity index (χ0) is 21.0. The predicted octanol–water partition coefficient (Wildman–Crippen LogP) is 4.69. The van der Waals surface area contributed by atoms with Crippen LogP contribution in [-0.4, -0.2) is 35.3 Å². The van der Waals surface area contributed by atoms with Crippen molar-refractivity contribution in [2.45, 2.75) is 13.0 Å². The van der Waals surface area contributed by atoms with E-state index in [1.165, 1.54) is 14.0 Å². The van der Waals surface area contributed by atoms with Crippen molar-refractivity contribution in [3.05, 3.63) is 63.7 Å². The van der Waals surface area contributed by atoms with Crippen LogP contribution in [0.2, 0.25) is 5.02 Å². The third-order valence-electron chi connectivity index (χ3n) is 4.01. The highest BCUT2D eigenvalue weighted by atomic mass is 79.9. The fourth-order valence-corrected chi connectivity index (χ4v) is 2.92. The summed E-state index contributed by atoms with van der Waals surface area (Å²) in [6.45, 7) is 1.47. The Labute approximate surface area is 180 Å². The molecule has 0 saturated carbocycles. The van der Waals surface area contributed by atoms with Gasteiger partial charge in [0, 0.05) is 15.1 Å². The highest BCUT2D eigenvalue weighted by molar-refractivity contribution is 9.10. The van der Waals surface area contributed by atoms with E-state index in [4.69, 9.17) is 21.1 Å². The van der Waals surface area contributed by atoms with Crippen molar-refractivity contribution in [1.82, 2.24) is 10.2 Å². The Morgan fingerprint density at radius 3 is 2.59 bits per heavy atom. The van der Waals surface area contributed by atoms with Crippen LogP contribution in [0.15, 0.2) is 53.0 Å². The summed E-state index contributed by atoms with van der Waals surface area (Å²) in [5.41, 5.74) is 1.95. The highest BCUT2D eigenvalue weighted by Crippen LogP contribution is 2.28. The molecule has 7 nitrogen and oxygen atoms in total. The number of rotatable bonds is 6. The monoisotopic (exact) mass is 477 g/mol. The summed E-state index contributed by atoms with van der Waals surface area (Å²) in [5.74, 6) is -0.776. The highest BCUT2D eigenvalue weighted by Gasteiger charge is 2.22. The van der Waals surface area contributed by atoms with E-state index in [-0.39, 0.29) is 5.69 Å². The topological polar surface area (TPSA) is 93.3 Å². The first kappa shape index (κ1) is 20.9. The van der Waals surface area contributed by atoms with Gasteiger partial charge in [0.15, 0.2) is 6.10 Å². The number of nitrogens with zero attached hydrogens (tertiary/aromatic N) is 1. The largest absolute Gasteiger partial charge is 0.495 e. The number of hydrogen-bond acceptors (Lipinski definition) is 5. The number of H-pyrrole nitrogens is 1. The van der Waals surface area contributed by atoms with Crippen LogP contribution in [0.25, 0.3) is 11.3 Å². The number of halogens is 2. The average molecular weight is 479 g/mol. The zero-order valence-electron chi connectivity index (χ0n) is 15.5. The molecule has 0 bridgehead atoms. The van der Waals surface area contributed by atoms with Crippen molar-refractivity contribution in [1.29, 1.82) is 0 Å². The number of nitrogens with one attached hydrogen (secondary N) is 2. The lowest BCUT2D eigenvalue weighted by Crippen LogP contribution is -2.30. The van der Waals surface area contributed by atoms with Gasteiger partial charge in [-0.2, -0.15) is 5.10 Å². The van der Waals surface area contributed by atoms with Gasteiger partial charge in [0.05, 0.1) is 18.5 Å². The lowest BCUT2D eigenvalue weighted by atomic mass is 10.1. The quantitative estimate of drug-likeness (QED) is 0.502. The van der Waals surface area contributed by atoms with Crippen molar-refractivity contribution in [3.63, 3.8) is 0 Å². The SMILES string of the molecule is COc1ccc(Cl)cc1NC(=O)C(C)OC(=O)c1cc(-c2ccc(Br)cc2)n[nH]1. The van der Waals surface area contributed by atoms with E-state index in [0.29, 0.717) is 22.2 Å². The number of esters is 1. The smallest absolute Gasteiger partial charge is 0.357 e. The van der Waals surface area contributed by atoms with E-state index in [2.05, 4.69) is 31.4 Å². The van der Waals surface area contributed by atoms with Crippen molar-refractivity contribution in [3.8, 4) is 17.0 Å². The Morgan fingerprint density at radius 2 is 1.90 bits per heavy atom. The van der Waals surface area contributed by atoms with Gasteiger partial charge in [-0.25, -0.2) is 4.79 Å². The number of hydrogen-bond donors (Lipinski definition) is 2. The number of amides is 1. The molecule has 3 rings (SSSR count). The van der Waals surface area contributed by atoms with Gasteiger partial charge in [0.1, 0.15) is 11.4 Å². The second kappa shape index (κ2) is 9.11. The molecular weight excluding hydrogens is 462 g/mol. The molecule has 0 spiro atoms. The number of aromatic nitrogens is 2. The third-order valence-corrected chi connectivity index (χ3v) is 4.77. The van der Waals surface area contributed by atoms with Crippen molar-refractivity contribution < 1.29 is 19.1 Å². The number of anilines is 1. The molecule has 0 radical (unpaired) electrons. The van der Waals surface area contributed by atoms with Gasteiger partial charge in [-0.05, 0) is 43.3 Å². The first-order valence-electron chi connectivity index (χ1n) is 8.54. The molecule has 9 heteroatoms. The predicted molar refractivity (Wildman–Crippen MR) is 113 cm³/mol. The van der Waals surface area contributed by atoms with Gasteiger partial charge < -0.3 is 14.8 Å². The molecule has 150 valence electrons. The summed E-state index contributed by atoms with van der Waals surface area (Å²) >= 11 is 9.32. The van der Waals surface area contributed by atoms with Crippen LogP contribution < -0.4 is 10.1 Å². The fraction of sp³-hybridized carbons (Fsp3) is 0.150. The van der Waals surface area contributed by atoms with Crippen LogP contribution in [0.1, 0.15) is 17.4 Å². The molecule has 3 aromatic rings. The van der Waals surface area contributed by atoms with E-state index in [1.807, 2.05) is 24.3 Å². The fourth-order valence-electron chi connectivity index (χ4n) is 2.48. The van der Waals surface area contributed by atoms with E-state index < -0.39 is 18.0 Å². The second-order valence-electron chi connectivity index (χ2n) is 6.06. The van der Waals surface area contributed by atoms with Crippen molar-refractivity contribution in [2.75, 3.05) is 12.4 Å². The molecular formula is C20H17BrClN3O4. The maximum Gasteiger partial charge on any atom is 0.357 e. The molecule has 1 amide bonds. The molecule has 29 heavy (non-hydrogen) atoms. The van der Waals surface area contributed by atoms with Gasteiger partial charge in [0.2, 0.25) is 0 Å². The third kappa shape index (κ3) is 5.16. The molecule has 0 aliphatic heterocycles. The Kier molecular flexibility index (Phi) is 6.56. The Hall–Kier alpha value is -2.84. The van der Waals surface area contributed by atoms with Crippen molar-refractivity contribution >= 4 is 45.1 Å². The first-order valence-corrected chi connectivity index (χ1v) is 9.71. The molecule has 2 N–H and O–H groups in total. The number of carbonyl (C=O) groups is 2. The Balaban J connectivity index is 1.65. The molecule has 2 aromatic carbocycles. The van der Waals surface area contributed by atoms with E-state index >= 15 is 0 Å². The number of aromatic amines is 1. The van der Waals surface area contributed by atoms with Crippen LogP contribution in [0.4, 0.5) is 5.69 Å². The van der Waals surface area contributed by atoms with Crippen LogP contribution in [0.5, 0.6) is 5.75 Å². The summed E-state index contributed by atoms with van der Waals surface area (Å²) in [7, 11) is 1.48. The molecule has 1 atom stereocenters. The zero-order valence-corrected chi connectivity index (χ0v) is 17.9. The minimum Gasteiger partial charge on any atom is -0.495 e. The maximum atomic E-state index is 12.4. The molecule has 1 unspecified atom stereocenters. The van der Waals surface area contributed by atoms with Crippen LogP contribution in [0, 0.1) is 0 Å². The molecule has 0 fully saturated rings. The van der Waals surface area contributed by atoms with Gasteiger partial charge in [-0.15, -0.1) is 0 Å². The normalized spacial score (nSPS) is 11.6. The van der Waals surface area contributed by atoms with E-state index in [0.717, 1.165) is 10.0 Å². The number of ether oxygens (including phenoxy) is 2. The summed E-state index contributed by atoms with van der Waals surface area (Å²) in [5, 5.41) is 9.82. The number of carbonyl (C=O) groups excluding carboxylic acids is 2.